The van der Waals surface area contributed by atoms with Gasteiger partial charge in [0.15, 0.2) is 11.5 Å². The minimum atomic E-state index is 0.309. The molecule has 1 fully saturated rings. The number of piperidine rings is 1. The molecular weight excluding hydrogens is 228 g/mol. The van der Waals surface area contributed by atoms with E-state index in [1.807, 2.05) is 6.07 Å². The third-order valence-corrected chi connectivity index (χ3v) is 3.82. The molecule has 0 radical (unpaired) electrons. The minimum Gasteiger partial charge on any atom is -0.486 e. The van der Waals surface area contributed by atoms with Crippen molar-refractivity contribution in [1.29, 1.82) is 0 Å². The molecular formula is C14H20N2O2. The zero-order chi connectivity index (χ0) is 12.5. The maximum absolute atomic E-state index is 5.99. The van der Waals surface area contributed by atoms with E-state index >= 15 is 0 Å². The lowest BCUT2D eigenvalue weighted by atomic mass is 9.93. The summed E-state index contributed by atoms with van der Waals surface area (Å²) in [5.74, 6) is 1.74. The number of rotatable bonds is 1. The summed E-state index contributed by atoms with van der Waals surface area (Å²) in [4.78, 5) is 2.33. The second-order valence-corrected chi connectivity index (χ2v) is 5.20. The van der Waals surface area contributed by atoms with E-state index in [2.05, 4.69) is 24.1 Å². The molecule has 1 aromatic rings. The summed E-state index contributed by atoms with van der Waals surface area (Å²) >= 11 is 0. The second-order valence-electron chi connectivity index (χ2n) is 5.20. The van der Waals surface area contributed by atoms with E-state index in [1.165, 1.54) is 5.56 Å². The number of nitrogens with two attached hydrogens (primary N) is 1. The largest absolute Gasteiger partial charge is 0.486 e. The Balaban J connectivity index is 1.83. The van der Waals surface area contributed by atoms with E-state index in [0.29, 0.717) is 25.3 Å². The molecule has 0 aromatic heterocycles. The number of hydrogen-bond acceptors (Lipinski definition) is 4. The average Bonchev–Trinajstić information content (AvgIpc) is 2.38. The van der Waals surface area contributed by atoms with Crippen molar-refractivity contribution >= 4 is 0 Å². The van der Waals surface area contributed by atoms with Crippen LogP contribution in [0.3, 0.4) is 0 Å². The van der Waals surface area contributed by atoms with Crippen molar-refractivity contribution in [2.75, 3.05) is 26.8 Å². The molecule has 0 bridgehead atoms. The first-order chi connectivity index (χ1) is 8.74. The van der Waals surface area contributed by atoms with Crippen molar-refractivity contribution in [3.05, 3.63) is 23.8 Å². The highest BCUT2D eigenvalue weighted by molar-refractivity contribution is 5.44. The summed E-state index contributed by atoms with van der Waals surface area (Å²) in [5, 5.41) is 0. The standard InChI is InChI=1S/C14H20N2O2/c1-16-9-11(15)3-4-12(16)10-2-5-13-14(8-10)18-7-6-17-13/h2,5,8,11-12H,3-4,6-7,9,15H2,1H3. The maximum atomic E-state index is 5.99. The summed E-state index contributed by atoms with van der Waals surface area (Å²) < 4.78 is 11.2. The van der Waals surface area contributed by atoms with Crippen LogP contribution in [0.4, 0.5) is 0 Å². The van der Waals surface area contributed by atoms with E-state index in [1.54, 1.807) is 0 Å². The molecule has 2 atom stereocenters. The smallest absolute Gasteiger partial charge is 0.161 e. The fourth-order valence-corrected chi connectivity index (χ4v) is 2.87. The van der Waals surface area contributed by atoms with E-state index in [9.17, 15) is 0 Å². The number of likely N-dealkylation sites (N-methyl/N-ethyl adjacent to an activating group) is 1. The zero-order valence-electron chi connectivity index (χ0n) is 10.8. The predicted octanol–water partition coefficient (Wildman–Crippen LogP) is 1.55. The van der Waals surface area contributed by atoms with Gasteiger partial charge < -0.3 is 15.2 Å². The van der Waals surface area contributed by atoms with Gasteiger partial charge in [-0.05, 0) is 37.6 Å². The van der Waals surface area contributed by atoms with E-state index in [0.717, 1.165) is 30.9 Å². The number of benzene rings is 1. The lowest BCUT2D eigenvalue weighted by Crippen LogP contribution is -2.42. The van der Waals surface area contributed by atoms with Crippen molar-refractivity contribution in [3.8, 4) is 11.5 Å². The SMILES string of the molecule is CN1CC(N)CCC1c1ccc2c(c1)OCCO2. The monoisotopic (exact) mass is 248 g/mol. The molecule has 0 amide bonds. The Morgan fingerprint density at radius 1 is 1.17 bits per heavy atom. The minimum absolute atomic E-state index is 0.309. The highest BCUT2D eigenvalue weighted by Crippen LogP contribution is 2.36. The topological polar surface area (TPSA) is 47.7 Å². The molecule has 1 aromatic carbocycles. The quantitative estimate of drug-likeness (QED) is 0.819. The van der Waals surface area contributed by atoms with Gasteiger partial charge in [0, 0.05) is 18.6 Å². The van der Waals surface area contributed by atoms with Gasteiger partial charge in [0.1, 0.15) is 13.2 Å². The average molecular weight is 248 g/mol. The summed E-state index contributed by atoms with van der Waals surface area (Å²) in [7, 11) is 2.14. The van der Waals surface area contributed by atoms with Crippen LogP contribution in [0.25, 0.3) is 0 Å². The van der Waals surface area contributed by atoms with Crippen LogP contribution in [-0.4, -0.2) is 37.7 Å². The summed E-state index contributed by atoms with van der Waals surface area (Å²) in [6.45, 7) is 2.24. The van der Waals surface area contributed by atoms with Crippen LogP contribution < -0.4 is 15.2 Å². The first kappa shape index (κ1) is 11.8. The van der Waals surface area contributed by atoms with Gasteiger partial charge in [-0.25, -0.2) is 0 Å². The Labute approximate surface area is 108 Å². The van der Waals surface area contributed by atoms with Gasteiger partial charge in [-0.1, -0.05) is 6.07 Å². The molecule has 98 valence electrons. The Kier molecular flexibility index (Phi) is 3.14. The predicted molar refractivity (Wildman–Crippen MR) is 70.0 cm³/mol. The zero-order valence-corrected chi connectivity index (χ0v) is 10.8. The van der Waals surface area contributed by atoms with Crippen LogP contribution in [0.5, 0.6) is 11.5 Å². The van der Waals surface area contributed by atoms with Crippen molar-refractivity contribution in [1.82, 2.24) is 4.90 Å². The van der Waals surface area contributed by atoms with Gasteiger partial charge in [-0.2, -0.15) is 0 Å². The van der Waals surface area contributed by atoms with Gasteiger partial charge in [0.25, 0.3) is 0 Å². The molecule has 2 aliphatic rings. The molecule has 1 saturated heterocycles. The number of hydrogen-bond donors (Lipinski definition) is 1. The molecule has 4 nitrogen and oxygen atoms in total. The van der Waals surface area contributed by atoms with Gasteiger partial charge >= 0.3 is 0 Å². The maximum Gasteiger partial charge on any atom is 0.161 e. The molecule has 18 heavy (non-hydrogen) atoms. The molecule has 3 rings (SSSR count). The number of fused-ring (bicyclic) bond motifs is 1. The van der Waals surface area contributed by atoms with Crippen LogP contribution in [0.15, 0.2) is 18.2 Å². The second kappa shape index (κ2) is 4.78. The fourth-order valence-electron chi connectivity index (χ4n) is 2.87. The Hall–Kier alpha value is -1.26. The number of nitrogens with zero attached hydrogens (tertiary/aromatic N) is 1. The molecule has 2 unspecified atom stereocenters. The molecule has 4 heteroatoms. The highest BCUT2D eigenvalue weighted by Gasteiger charge is 2.26. The summed E-state index contributed by atoms with van der Waals surface area (Å²) in [6.07, 6.45) is 2.20. The lowest BCUT2D eigenvalue weighted by molar-refractivity contribution is 0.162. The molecule has 0 spiro atoms. The number of likely N-dealkylation sites (tertiary alicyclic amines) is 1. The van der Waals surface area contributed by atoms with Gasteiger partial charge in [0.05, 0.1) is 0 Å². The van der Waals surface area contributed by atoms with E-state index in [-0.39, 0.29) is 0 Å². The van der Waals surface area contributed by atoms with Crippen molar-refractivity contribution in [3.63, 3.8) is 0 Å². The van der Waals surface area contributed by atoms with Crippen molar-refractivity contribution in [2.45, 2.75) is 24.9 Å². The van der Waals surface area contributed by atoms with Crippen LogP contribution in [-0.2, 0) is 0 Å². The Bertz CT molecular complexity index is 436. The Morgan fingerprint density at radius 3 is 2.72 bits per heavy atom. The Morgan fingerprint density at radius 2 is 1.94 bits per heavy atom. The molecule has 2 aliphatic heterocycles. The number of ether oxygens (including phenoxy) is 2. The van der Waals surface area contributed by atoms with Crippen LogP contribution in [0.1, 0.15) is 24.4 Å². The summed E-state index contributed by atoms with van der Waals surface area (Å²) in [6, 6.07) is 7.04. The molecule has 0 saturated carbocycles. The first-order valence-corrected chi connectivity index (χ1v) is 6.59. The van der Waals surface area contributed by atoms with E-state index < -0.39 is 0 Å². The van der Waals surface area contributed by atoms with Crippen molar-refractivity contribution in [2.24, 2.45) is 5.73 Å². The summed E-state index contributed by atoms with van der Waals surface area (Å²) in [5.41, 5.74) is 7.29. The third-order valence-electron chi connectivity index (χ3n) is 3.82. The van der Waals surface area contributed by atoms with Gasteiger partial charge in [0.2, 0.25) is 0 Å². The van der Waals surface area contributed by atoms with Crippen molar-refractivity contribution < 1.29 is 9.47 Å². The third kappa shape index (κ3) is 2.18. The van der Waals surface area contributed by atoms with Crippen LogP contribution in [0.2, 0.25) is 0 Å². The van der Waals surface area contributed by atoms with Gasteiger partial charge in [-0.15, -0.1) is 0 Å². The first-order valence-electron chi connectivity index (χ1n) is 6.59. The normalized spacial score (nSPS) is 28.1. The molecule has 2 heterocycles. The fraction of sp³-hybridized carbons (Fsp3) is 0.571. The lowest BCUT2D eigenvalue weighted by Gasteiger charge is -2.36. The van der Waals surface area contributed by atoms with E-state index in [4.69, 9.17) is 15.2 Å². The van der Waals surface area contributed by atoms with Crippen LogP contribution in [0, 0.1) is 0 Å². The molecule has 0 aliphatic carbocycles. The van der Waals surface area contributed by atoms with Crippen LogP contribution >= 0.6 is 0 Å². The molecule has 2 N–H and O–H groups in total. The van der Waals surface area contributed by atoms with Gasteiger partial charge in [-0.3, -0.25) is 4.90 Å². The highest BCUT2D eigenvalue weighted by atomic mass is 16.6.